The van der Waals surface area contributed by atoms with Gasteiger partial charge < -0.3 is 0 Å². The minimum atomic E-state index is -0.729. The second-order valence-corrected chi connectivity index (χ2v) is 1.09. The van der Waals surface area contributed by atoms with Gasteiger partial charge >= 0.3 is 35.3 Å². The molecule has 0 aliphatic rings. The first kappa shape index (κ1) is 11.6. The summed E-state index contributed by atoms with van der Waals surface area (Å²) in [6.45, 7) is 1.44. The van der Waals surface area contributed by atoms with Crippen molar-refractivity contribution in [3.63, 3.8) is 0 Å². The SMILES string of the molecule is CC=C(C=O)[N+](=O)[O-].[NaH]. The van der Waals surface area contributed by atoms with Crippen LogP contribution in [0.5, 0.6) is 0 Å². The number of hydrogen-bond acceptors (Lipinski definition) is 3. The van der Waals surface area contributed by atoms with Crippen molar-refractivity contribution in [2.24, 2.45) is 0 Å². The van der Waals surface area contributed by atoms with E-state index < -0.39 is 10.6 Å². The molecule has 0 atom stereocenters. The normalized spacial score (nSPS) is 9.67. The van der Waals surface area contributed by atoms with Gasteiger partial charge in [-0.15, -0.1) is 0 Å². The van der Waals surface area contributed by atoms with Crippen LogP contribution in [-0.2, 0) is 4.79 Å². The first-order valence-electron chi connectivity index (χ1n) is 1.98. The second-order valence-electron chi connectivity index (χ2n) is 1.09. The molecule has 0 N–H and O–H groups in total. The van der Waals surface area contributed by atoms with E-state index in [-0.39, 0.29) is 35.8 Å². The number of nitro groups is 1. The molecule has 0 saturated carbocycles. The Balaban J connectivity index is 0. The molecule has 0 amide bonds. The summed E-state index contributed by atoms with van der Waals surface area (Å²) < 4.78 is 0. The summed E-state index contributed by atoms with van der Waals surface area (Å²) in [6, 6.07) is 0. The summed E-state index contributed by atoms with van der Waals surface area (Å²) in [5.74, 6) is 0. The molecule has 5 heteroatoms. The van der Waals surface area contributed by atoms with Crippen molar-refractivity contribution in [2.45, 2.75) is 6.92 Å². The zero-order valence-corrected chi connectivity index (χ0v) is 4.33. The van der Waals surface area contributed by atoms with Gasteiger partial charge in [0.25, 0.3) is 0 Å². The van der Waals surface area contributed by atoms with Gasteiger partial charge in [0, 0.05) is 0 Å². The van der Waals surface area contributed by atoms with Crippen LogP contribution in [0.15, 0.2) is 11.8 Å². The molecule has 0 radical (unpaired) electrons. The molecular formula is C4H6NNaO3. The molecule has 9 heavy (non-hydrogen) atoms. The van der Waals surface area contributed by atoms with Gasteiger partial charge in [0.15, 0.2) is 0 Å². The molecule has 0 aromatic heterocycles. The summed E-state index contributed by atoms with van der Waals surface area (Å²) in [4.78, 5) is 18.6. The van der Waals surface area contributed by atoms with Gasteiger partial charge in [-0.2, -0.15) is 0 Å². The van der Waals surface area contributed by atoms with E-state index in [9.17, 15) is 14.9 Å². The molecule has 0 spiro atoms. The summed E-state index contributed by atoms with van der Waals surface area (Å²) in [5, 5.41) is 9.67. The minimum absolute atomic E-state index is 0. The molecule has 0 bridgehead atoms. The molecular weight excluding hydrogens is 133 g/mol. The molecule has 0 aromatic carbocycles. The van der Waals surface area contributed by atoms with Gasteiger partial charge in [0.1, 0.15) is 0 Å². The molecule has 4 nitrogen and oxygen atoms in total. The van der Waals surface area contributed by atoms with E-state index in [4.69, 9.17) is 0 Å². The van der Waals surface area contributed by atoms with Gasteiger partial charge in [-0.05, 0) is 13.0 Å². The number of nitrogens with zero attached hydrogens (tertiary/aromatic N) is 1. The summed E-state index contributed by atoms with van der Waals surface area (Å²) in [7, 11) is 0. The van der Waals surface area contributed by atoms with Crippen molar-refractivity contribution >= 4 is 35.8 Å². The summed E-state index contributed by atoms with van der Waals surface area (Å²) in [5.41, 5.74) is -0.398. The Morgan fingerprint density at radius 1 is 1.67 bits per heavy atom. The topological polar surface area (TPSA) is 60.2 Å². The fourth-order valence-electron chi connectivity index (χ4n) is 0.216. The van der Waals surface area contributed by atoms with Crippen LogP contribution >= 0.6 is 0 Å². The fraction of sp³-hybridized carbons (Fsp3) is 0.250. The van der Waals surface area contributed by atoms with E-state index >= 15 is 0 Å². The van der Waals surface area contributed by atoms with E-state index in [1.807, 2.05) is 0 Å². The van der Waals surface area contributed by atoms with Gasteiger partial charge in [-0.3, -0.25) is 14.9 Å². The van der Waals surface area contributed by atoms with Crippen LogP contribution in [0, 0.1) is 10.1 Å². The van der Waals surface area contributed by atoms with E-state index in [0.717, 1.165) is 6.08 Å². The maximum absolute atomic E-state index is 9.67. The standard InChI is InChI=1S/C4H5NO3.Na.H/c1-2-4(3-6)5(7)8;;/h2-3H,1H3;;. The molecule has 0 aliphatic heterocycles. The number of carbonyl (C=O) groups excluding carboxylic acids is 1. The zero-order valence-electron chi connectivity index (χ0n) is 4.33. The maximum atomic E-state index is 9.67. The van der Waals surface area contributed by atoms with Gasteiger partial charge in [0.2, 0.25) is 6.29 Å². The Kier molecular flexibility index (Phi) is 7.65. The van der Waals surface area contributed by atoms with Crippen LogP contribution in [-0.4, -0.2) is 40.8 Å². The van der Waals surface area contributed by atoms with Crippen LogP contribution in [0.3, 0.4) is 0 Å². The molecule has 46 valence electrons. The number of hydrogen-bond donors (Lipinski definition) is 0. The molecule has 0 unspecified atom stereocenters. The Hall–Kier alpha value is -0.190. The molecule has 0 aliphatic carbocycles. The summed E-state index contributed by atoms with van der Waals surface area (Å²) >= 11 is 0. The quantitative estimate of drug-likeness (QED) is 0.174. The van der Waals surface area contributed by atoms with Gasteiger partial charge in [0.05, 0.1) is 4.92 Å². The first-order valence-corrected chi connectivity index (χ1v) is 1.98. The second kappa shape index (κ2) is 5.94. The van der Waals surface area contributed by atoms with Gasteiger partial charge in [-0.1, -0.05) is 0 Å². The van der Waals surface area contributed by atoms with Crippen LogP contribution in [0.1, 0.15) is 6.92 Å². The zero-order chi connectivity index (χ0) is 6.57. The molecule has 0 rings (SSSR count). The van der Waals surface area contributed by atoms with E-state index in [1.54, 1.807) is 0 Å². The van der Waals surface area contributed by atoms with E-state index in [0.29, 0.717) is 0 Å². The van der Waals surface area contributed by atoms with E-state index in [1.165, 1.54) is 6.92 Å². The third kappa shape index (κ3) is 4.32. The monoisotopic (exact) mass is 139 g/mol. The first-order chi connectivity index (χ1) is 3.72. The van der Waals surface area contributed by atoms with Crippen molar-refractivity contribution in [3.05, 3.63) is 21.9 Å². The van der Waals surface area contributed by atoms with Crippen LogP contribution in [0.25, 0.3) is 0 Å². The number of aldehydes is 1. The van der Waals surface area contributed by atoms with Gasteiger partial charge in [-0.25, -0.2) is 0 Å². The van der Waals surface area contributed by atoms with Crippen LogP contribution < -0.4 is 0 Å². The Bertz CT molecular complexity index is 143. The van der Waals surface area contributed by atoms with Crippen molar-refractivity contribution in [1.82, 2.24) is 0 Å². The molecule has 0 aromatic rings. The predicted molar refractivity (Wildman–Crippen MR) is 34.0 cm³/mol. The number of carbonyl (C=O) groups is 1. The van der Waals surface area contributed by atoms with Crippen molar-refractivity contribution in [2.75, 3.05) is 0 Å². The Morgan fingerprint density at radius 2 is 2.11 bits per heavy atom. The predicted octanol–water partition coefficient (Wildman–Crippen LogP) is -0.283. The van der Waals surface area contributed by atoms with Crippen LogP contribution in [0.4, 0.5) is 0 Å². The number of allylic oxidation sites excluding steroid dienone is 2. The fourth-order valence-corrected chi connectivity index (χ4v) is 0.216. The van der Waals surface area contributed by atoms with E-state index in [2.05, 4.69) is 0 Å². The molecule has 0 heterocycles. The number of rotatable bonds is 2. The Morgan fingerprint density at radius 3 is 2.11 bits per heavy atom. The Labute approximate surface area is 74.4 Å². The van der Waals surface area contributed by atoms with Crippen molar-refractivity contribution in [3.8, 4) is 0 Å². The third-order valence-corrected chi connectivity index (χ3v) is 0.627. The van der Waals surface area contributed by atoms with Crippen molar-refractivity contribution < 1.29 is 9.72 Å². The molecule has 0 fully saturated rings. The molecule has 0 saturated heterocycles. The average molecular weight is 139 g/mol. The van der Waals surface area contributed by atoms with Crippen LogP contribution in [0.2, 0.25) is 0 Å². The third-order valence-electron chi connectivity index (χ3n) is 0.627. The van der Waals surface area contributed by atoms with Crippen molar-refractivity contribution in [1.29, 1.82) is 0 Å². The summed E-state index contributed by atoms with van der Waals surface area (Å²) in [6.07, 6.45) is 1.35. The average Bonchev–Trinajstić information content (AvgIpc) is 1.69.